The predicted molar refractivity (Wildman–Crippen MR) is 223 cm³/mol. The molecule has 1 heterocycles. The summed E-state index contributed by atoms with van der Waals surface area (Å²) in [6, 6.07) is 19.2. The van der Waals surface area contributed by atoms with Crippen molar-refractivity contribution in [2.75, 3.05) is 6.54 Å². The first-order valence-electron chi connectivity index (χ1n) is 22.1. The molecular formula is C50H67NO7. The number of rotatable bonds is 10. The molecule has 58 heavy (non-hydrogen) atoms. The van der Waals surface area contributed by atoms with E-state index in [0.29, 0.717) is 11.8 Å². The Kier molecular flexibility index (Phi) is 10.5. The Labute approximate surface area is 346 Å². The van der Waals surface area contributed by atoms with Crippen LogP contribution in [0, 0.1) is 50.2 Å². The second-order valence-electron chi connectivity index (χ2n) is 21.1. The van der Waals surface area contributed by atoms with Crippen molar-refractivity contribution in [3.63, 3.8) is 0 Å². The number of amides is 1. The van der Waals surface area contributed by atoms with E-state index in [1.807, 2.05) is 60.7 Å². The first kappa shape index (κ1) is 41.1. The van der Waals surface area contributed by atoms with Gasteiger partial charge < -0.3 is 29.7 Å². The third kappa shape index (κ3) is 6.63. The zero-order chi connectivity index (χ0) is 41.3. The molecule has 0 spiro atoms. The molecule has 6 aliphatic rings. The lowest BCUT2D eigenvalue weighted by Crippen LogP contribution is -2.65. The smallest absolute Gasteiger partial charge is 0.378 e. The van der Waals surface area contributed by atoms with Crippen LogP contribution in [0.4, 0.5) is 0 Å². The van der Waals surface area contributed by atoms with Crippen molar-refractivity contribution in [2.24, 2.45) is 50.2 Å². The van der Waals surface area contributed by atoms with Gasteiger partial charge in [0.2, 0.25) is 11.7 Å². The predicted octanol–water partition coefficient (Wildman–Crippen LogP) is 9.20. The lowest BCUT2D eigenvalue weighted by Gasteiger charge is -2.71. The second kappa shape index (κ2) is 14.8. The van der Waals surface area contributed by atoms with E-state index < -0.39 is 23.6 Å². The maximum absolute atomic E-state index is 14.9. The molecular weight excluding hydrogens is 727 g/mol. The summed E-state index contributed by atoms with van der Waals surface area (Å²) in [5.41, 5.74) is 2.90. The van der Waals surface area contributed by atoms with Gasteiger partial charge in [0.1, 0.15) is 19.3 Å². The maximum Gasteiger partial charge on any atom is 0.378 e. The normalized spacial score (nSPS) is 37.8. The number of cyclic esters (lactones) is 1. The fourth-order valence-electron chi connectivity index (χ4n) is 13.6. The van der Waals surface area contributed by atoms with Crippen LogP contribution in [0.2, 0.25) is 0 Å². The second-order valence-corrected chi connectivity index (χ2v) is 21.1. The van der Waals surface area contributed by atoms with Gasteiger partial charge in [0, 0.05) is 6.54 Å². The van der Waals surface area contributed by atoms with E-state index in [2.05, 4.69) is 59.9 Å². The molecule has 2 aromatic carbocycles. The van der Waals surface area contributed by atoms with Crippen LogP contribution in [0.25, 0.3) is 0 Å². The standard InChI is InChI=1S/C50H67NO7/c1-45(2)24-26-50(27-25-48(6)34(35(50)28-45)18-19-38-47(5)22-21-39(53)46(3,4)37(47)20-23-49(38,48)7)44(55)51-29-36(52)40-41(56-30-32-14-10-8-11-15-32)42(43(54)58-40)57-31-33-16-12-9-13-17-33/h8-18,35-40,52-53H,19-31H2,1-7H3,(H,51,55)/t35-,36-,37-,38+,39-,40+,47-,48+,49+,50-/m0/s1. The van der Waals surface area contributed by atoms with Crippen LogP contribution in [0.5, 0.6) is 0 Å². The number of hydrogen-bond acceptors (Lipinski definition) is 7. The van der Waals surface area contributed by atoms with Crippen molar-refractivity contribution >= 4 is 11.9 Å². The Balaban J connectivity index is 1.03. The van der Waals surface area contributed by atoms with Crippen LogP contribution in [-0.4, -0.2) is 46.9 Å². The molecule has 314 valence electrons. The summed E-state index contributed by atoms with van der Waals surface area (Å²) in [6.45, 7) is 17.2. The minimum atomic E-state index is -1.25. The van der Waals surface area contributed by atoms with Gasteiger partial charge in [-0.15, -0.1) is 0 Å². The monoisotopic (exact) mass is 793 g/mol. The summed E-state index contributed by atoms with van der Waals surface area (Å²) in [5.74, 6) is 0.495. The summed E-state index contributed by atoms with van der Waals surface area (Å²) in [4.78, 5) is 28.2. The highest BCUT2D eigenvalue weighted by Gasteiger charge is 2.69. The van der Waals surface area contributed by atoms with Crippen LogP contribution in [-0.2, 0) is 37.0 Å². The number of benzene rings is 2. The van der Waals surface area contributed by atoms with E-state index in [1.165, 1.54) is 5.57 Å². The third-order valence-electron chi connectivity index (χ3n) is 17.3. The number of ether oxygens (including phenoxy) is 3. The molecule has 10 atom stereocenters. The van der Waals surface area contributed by atoms with Crippen molar-refractivity contribution in [1.29, 1.82) is 0 Å². The van der Waals surface area contributed by atoms with Crippen LogP contribution in [0.15, 0.2) is 83.8 Å². The molecule has 1 amide bonds. The number of aliphatic hydroxyl groups excluding tert-OH is 2. The molecule has 0 radical (unpaired) electrons. The highest BCUT2D eigenvalue weighted by atomic mass is 16.6. The molecule has 8 rings (SSSR count). The fraction of sp³-hybridized carbons (Fsp3) is 0.640. The highest BCUT2D eigenvalue weighted by molar-refractivity contribution is 5.90. The van der Waals surface area contributed by atoms with E-state index >= 15 is 0 Å². The molecule has 5 aliphatic carbocycles. The summed E-state index contributed by atoms with van der Waals surface area (Å²) in [5, 5.41) is 26.1. The number of nitrogens with one attached hydrogen (secondary N) is 1. The van der Waals surface area contributed by atoms with Crippen LogP contribution in [0.3, 0.4) is 0 Å². The SMILES string of the molecule is CC1(C)CC[C@]2(C(=O)NC[C@H](O)[C@H]3OC(=O)C(OCc4ccccc4)=C3OCc3ccccc3)CC[C@]3(C)C(=CC[C@@H]4[C@@]5(C)CC[C@H](O)C(C)(C)[C@@H]5CC[C@]43C)[C@@H]2C1. The van der Waals surface area contributed by atoms with Gasteiger partial charge >= 0.3 is 5.97 Å². The van der Waals surface area contributed by atoms with Gasteiger partial charge in [-0.2, -0.15) is 0 Å². The molecule has 8 heteroatoms. The largest absolute Gasteiger partial charge is 0.485 e. The molecule has 4 saturated carbocycles. The van der Waals surface area contributed by atoms with Gasteiger partial charge in [-0.25, -0.2) is 4.79 Å². The number of carbonyl (C=O) groups excluding carboxylic acids is 2. The first-order chi connectivity index (χ1) is 27.5. The van der Waals surface area contributed by atoms with Gasteiger partial charge in [-0.05, 0) is 120 Å². The quantitative estimate of drug-likeness (QED) is 0.162. The number of carbonyl (C=O) groups is 2. The highest BCUT2D eigenvalue weighted by Crippen LogP contribution is 2.75. The van der Waals surface area contributed by atoms with E-state index in [4.69, 9.17) is 14.2 Å². The van der Waals surface area contributed by atoms with Gasteiger partial charge in [-0.3, -0.25) is 4.79 Å². The topological polar surface area (TPSA) is 114 Å². The van der Waals surface area contributed by atoms with Gasteiger partial charge in [0.05, 0.1) is 11.5 Å². The zero-order valence-corrected chi connectivity index (χ0v) is 35.9. The Morgan fingerprint density at radius 1 is 0.828 bits per heavy atom. The molecule has 0 bridgehead atoms. The number of hydrogen-bond donors (Lipinski definition) is 3. The third-order valence-corrected chi connectivity index (χ3v) is 17.3. The van der Waals surface area contributed by atoms with E-state index in [-0.39, 0.29) is 76.3 Å². The number of esters is 1. The van der Waals surface area contributed by atoms with Crippen molar-refractivity contribution in [3.05, 3.63) is 95.0 Å². The summed E-state index contributed by atoms with van der Waals surface area (Å²) in [6.07, 6.45) is 9.65. The lowest BCUT2D eigenvalue weighted by molar-refractivity contribution is -0.203. The Morgan fingerprint density at radius 3 is 2.14 bits per heavy atom. The Hall–Kier alpha value is -3.62. The van der Waals surface area contributed by atoms with E-state index in [1.54, 1.807) is 0 Å². The average molecular weight is 794 g/mol. The Morgan fingerprint density at radius 2 is 1.47 bits per heavy atom. The molecule has 0 unspecified atom stereocenters. The van der Waals surface area contributed by atoms with Crippen LogP contribution in [0.1, 0.15) is 124 Å². The molecule has 8 nitrogen and oxygen atoms in total. The minimum Gasteiger partial charge on any atom is -0.485 e. The summed E-state index contributed by atoms with van der Waals surface area (Å²) in [7, 11) is 0. The number of fused-ring (bicyclic) bond motifs is 7. The molecule has 3 N–H and O–H groups in total. The maximum atomic E-state index is 14.9. The summed E-state index contributed by atoms with van der Waals surface area (Å²) < 4.78 is 18.0. The summed E-state index contributed by atoms with van der Waals surface area (Å²) >= 11 is 0. The molecule has 2 aromatic rings. The zero-order valence-electron chi connectivity index (χ0n) is 35.9. The van der Waals surface area contributed by atoms with Crippen molar-refractivity contribution < 1.29 is 34.0 Å². The fourth-order valence-corrected chi connectivity index (χ4v) is 13.6. The number of allylic oxidation sites excluding steroid dienone is 2. The molecule has 1 aliphatic heterocycles. The van der Waals surface area contributed by atoms with Gasteiger partial charge in [0.15, 0.2) is 11.9 Å². The van der Waals surface area contributed by atoms with Crippen LogP contribution < -0.4 is 5.32 Å². The molecule has 0 aromatic heterocycles. The van der Waals surface area contributed by atoms with E-state index in [9.17, 15) is 19.8 Å². The number of aliphatic hydroxyl groups is 2. The van der Waals surface area contributed by atoms with Crippen molar-refractivity contribution in [1.82, 2.24) is 5.32 Å². The molecule has 0 saturated heterocycles. The average Bonchev–Trinajstić information content (AvgIpc) is 3.52. The first-order valence-corrected chi connectivity index (χ1v) is 22.1. The van der Waals surface area contributed by atoms with Crippen LogP contribution >= 0.6 is 0 Å². The van der Waals surface area contributed by atoms with Gasteiger partial charge in [-0.1, -0.05) is 121 Å². The Bertz CT molecular complexity index is 1940. The molecule has 4 fully saturated rings. The lowest BCUT2D eigenvalue weighted by atomic mass is 9.33. The minimum absolute atomic E-state index is 0.0124. The van der Waals surface area contributed by atoms with Gasteiger partial charge in [0.25, 0.3) is 0 Å². The van der Waals surface area contributed by atoms with Crippen molar-refractivity contribution in [3.8, 4) is 0 Å². The van der Waals surface area contributed by atoms with E-state index in [0.717, 1.165) is 75.3 Å². The van der Waals surface area contributed by atoms with Crippen molar-refractivity contribution in [2.45, 2.75) is 144 Å².